The minimum Gasteiger partial charge on any atom is -0.316 e. The van der Waals surface area contributed by atoms with Gasteiger partial charge in [-0.05, 0) is 31.2 Å². The predicted molar refractivity (Wildman–Crippen MR) is 65.7 cm³/mol. The van der Waals surface area contributed by atoms with Crippen molar-refractivity contribution in [3.05, 3.63) is 0 Å². The summed E-state index contributed by atoms with van der Waals surface area (Å²) >= 11 is 0. The van der Waals surface area contributed by atoms with Gasteiger partial charge in [-0.3, -0.25) is 0 Å². The first-order valence-corrected chi connectivity index (χ1v) is 6.62. The van der Waals surface area contributed by atoms with Gasteiger partial charge in [-0.25, -0.2) is 0 Å². The molecule has 0 amide bonds. The van der Waals surface area contributed by atoms with Gasteiger partial charge in [0, 0.05) is 6.54 Å². The largest absolute Gasteiger partial charge is 0.316 e. The molecule has 14 heavy (non-hydrogen) atoms. The fourth-order valence-electron chi connectivity index (χ4n) is 2.52. The van der Waals surface area contributed by atoms with E-state index in [1.807, 2.05) is 27.7 Å². The summed E-state index contributed by atoms with van der Waals surface area (Å²) < 4.78 is 0. The number of hydrogen-bond acceptors (Lipinski definition) is 1. The Bertz CT molecular complexity index is 106. The van der Waals surface area contributed by atoms with Crippen LogP contribution in [0.1, 0.15) is 66.2 Å². The highest BCUT2D eigenvalue weighted by molar-refractivity contribution is 4.89. The zero-order valence-corrected chi connectivity index (χ0v) is 10.7. The average Bonchev–Trinajstić information content (AvgIpc) is 2.73. The predicted octanol–water partition coefficient (Wildman–Crippen LogP) is 3.98. The van der Waals surface area contributed by atoms with Gasteiger partial charge in [0.1, 0.15) is 0 Å². The van der Waals surface area contributed by atoms with Crippen LogP contribution in [0.15, 0.2) is 0 Å². The molecular formula is C13H29N. The van der Waals surface area contributed by atoms with Gasteiger partial charge in [0.05, 0.1) is 0 Å². The topological polar surface area (TPSA) is 12.0 Å². The lowest BCUT2D eigenvalue weighted by Crippen LogP contribution is -2.26. The van der Waals surface area contributed by atoms with Crippen LogP contribution in [0.25, 0.3) is 0 Å². The smallest absolute Gasteiger partial charge is 0.000829 e. The Morgan fingerprint density at radius 3 is 1.79 bits per heavy atom. The van der Waals surface area contributed by atoms with Gasteiger partial charge < -0.3 is 5.32 Å². The SMILES string of the molecule is C1CCC2(CC1)CCNC2.CC.CC. The molecule has 2 aliphatic rings. The average molecular weight is 199 g/mol. The Morgan fingerprint density at radius 2 is 1.36 bits per heavy atom. The molecular weight excluding hydrogens is 170 g/mol. The van der Waals surface area contributed by atoms with E-state index in [1.165, 1.54) is 51.6 Å². The highest BCUT2D eigenvalue weighted by Gasteiger charge is 2.34. The van der Waals surface area contributed by atoms with Gasteiger partial charge in [-0.2, -0.15) is 0 Å². The second kappa shape index (κ2) is 8.28. The quantitative estimate of drug-likeness (QED) is 0.622. The minimum atomic E-state index is 0.762. The summed E-state index contributed by atoms with van der Waals surface area (Å²) in [5, 5.41) is 3.48. The first-order valence-electron chi connectivity index (χ1n) is 6.62. The molecule has 1 spiro atoms. The maximum Gasteiger partial charge on any atom is 0.000829 e. The monoisotopic (exact) mass is 199 g/mol. The third kappa shape index (κ3) is 4.00. The van der Waals surface area contributed by atoms with Crippen molar-refractivity contribution in [3.8, 4) is 0 Å². The molecule has 0 aromatic carbocycles. The van der Waals surface area contributed by atoms with Gasteiger partial charge >= 0.3 is 0 Å². The van der Waals surface area contributed by atoms with E-state index in [0.717, 1.165) is 5.41 Å². The molecule has 1 aliphatic heterocycles. The summed E-state index contributed by atoms with van der Waals surface area (Å²) in [6.07, 6.45) is 8.91. The Labute approximate surface area is 90.7 Å². The van der Waals surface area contributed by atoms with Crippen molar-refractivity contribution in [1.82, 2.24) is 5.32 Å². The minimum absolute atomic E-state index is 0.762. The Morgan fingerprint density at radius 1 is 0.786 bits per heavy atom. The van der Waals surface area contributed by atoms with Gasteiger partial charge in [0.25, 0.3) is 0 Å². The Hall–Kier alpha value is -0.0400. The van der Waals surface area contributed by atoms with Crippen LogP contribution in [0.4, 0.5) is 0 Å². The zero-order valence-electron chi connectivity index (χ0n) is 10.7. The van der Waals surface area contributed by atoms with E-state index in [0.29, 0.717) is 0 Å². The summed E-state index contributed by atoms with van der Waals surface area (Å²) in [6, 6.07) is 0. The van der Waals surface area contributed by atoms with E-state index in [1.54, 1.807) is 0 Å². The third-order valence-corrected chi connectivity index (χ3v) is 3.25. The summed E-state index contributed by atoms with van der Waals surface area (Å²) in [4.78, 5) is 0. The second-order valence-corrected chi connectivity index (χ2v) is 3.99. The van der Waals surface area contributed by atoms with Gasteiger partial charge in [0.2, 0.25) is 0 Å². The maximum absolute atomic E-state index is 3.48. The molecule has 0 bridgehead atoms. The van der Waals surface area contributed by atoms with Crippen molar-refractivity contribution in [3.63, 3.8) is 0 Å². The zero-order chi connectivity index (χ0) is 10.9. The van der Waals surface area contributed by atoms with Crippen molar-refractivity contribution in [1.29, 1.82) is 0 Å². The molecule has 2 fully saturated rings. The lowest BCUT2D eigenvalue weighted by Gasteiger charge is -2.32. The van der Waals surface area contributed by atoms with Crippen LogP contribution in [0.5, 0.6) is 0 Å². The highest BCUT2D eigenvalue weighted by atomic mass is 14.9. The molecule has 1 saturated heterocycles. The third-order valence-electron chi connectivity index (χ3n) is 3.25. The standard InChI is InChI=1S/C9H17N.2C2H6/c1-2-4-9(5-3-1)6-7-10-8-9;2*1-2/h10H,1-8H2;2*1-2H3. The Balaban J connectivity index is 0.000000379. The van der Waals surface area contributed by atoms with Gasteiger partial charge in [-0.1, -0.05) is 47.0 Å². The van der Waals surface area contributed by atoms with Gasteiger partial charge in [-0.15, -0.1) is 0 Å². The second-order valence-electron chi connectivity index (χ2n) is 3.99. The molecule has 1 nitrogen and oxygen atoms in total. The van der Waals surface area contributed by atoms with Crippen molar-refractivity contribution in [2.75, 3.05) is 13.1 Å². The number of nitrogens with one attached hydrogen (secondary N) is 1. The molecule has 1 heterocycles. The highest BCUT2D eigenvalue weighted by Crippen LogP contribution is 2.40. The van der Waals surface area contributed by atoms with E-state index in [2.05, 4.69) is 5.32 Å². The number of hydrogen-bond donors (Lipinski definition) is 1. The van der Waals surface area contributed by atoms with Crippen molar-refractivity contribution >= 4 is 0 Å². The molecule has 2 rings (SSSR count). The molecule has 1 aliphatic carbocycles. The normalized spacial score (nSPS) is 23.1. The van der Waals surface area contributed by atoms with Crippen LogP contribution >= 0.6 is 0 Å². The van der Waals surface area contributed by atoms with E-state index in [4.69, 9.17) is 0 Å². The van der Waals surface area contributed by atoms with Crippen LogP contribution in [0.2, 0.25) is 0 Å². The van der Waals surface area contributed by atoms with Gasteiger partial charge in [0.15, 0.2) is 0 Å². The first kappa shape index (κ1) is 14.0. The fourth-order valence-corrected chi connectivity index (χ4v) is 2.52. The van der Waals surface area contributed by atoms with Crippen molar-refractivity contribution in [2.24, 2.45) is 5.41 Å². The molecule has 1 heteroatoms. The molecule has 1 N–H and O–H groups in total. The lowest BCUT2D eigenvalue weighted by atomic mass is 9.74. The molecule has 0 radical (unpaired) electrons. The molecule has 0 unspecified atom stereocenters. The van der Waals surface area contributed by atoms with Crippen LogP contribution in [0, 0.1) is 5.41 Å². The van der Waals surface area contributed by atoms with E-state index in [-0.39, 0.29) is 0 Å². The van der Waals surface area contributed by atoms with Crippen LogP contribution in [-0.2, 0) is 0 Å². The van der Waals surface area contributed by atoms with E-state index >= 15 is 0 Å². The van der Waals surface area contributed by atoms with Crippen molar-refractivity contribution in [2.45, 2.75) is 66.2 Å². The summed E-state index contributed by atoms with van der Waals surface area (Å²) in [6.45, 7) is 10.6. The molecule has 0 atom stereocenters. The van der Waals surface area contributed by atoms with Crippen LogP contribution < -0.4 is 5.32 Å². The molecule has 0 aromatic rings. The molecule has 1 saturated carbocycles. The first-order chi connectivity index (χ1) is 6.91. The summed E-state index contributed by atoms with van der Waals surface area (Å²) in [7, 11) is 0. The summed E-state index contributed by atoms with van der Waals surface area (Å²) in [5.74, 6) is 0. The number of rotatable bonds is 0. The molecule has 0 aromatic heterocycles. The van der Waals surface area contributed by atoms with Crippen molar-refractivity contribution < 1.29 is 0 Å². The Kier molecular flexibility index (Phi) is 8.26. The van der Waals surface area contributed by atoms with E-state index < -0.39 is 0 Å². The molecule has 86 valence electrons. The van der Waals surface area contributed by atoms with E-state index in [9.17, 15) is 0 Å². The fraction of sp³-hybridized carbons (Fsp3) is 1.00. The van der Waals surface area contributed by atoms with Crippen LogP contribution in [-0.4, -0.2) is 13.1 Å². The lowest BCUT2D eigenvalue weighted by molar-refractivity contribution is 0.216. The maximum atomic E-state index is 3.48. The van der Waals surface area contributed by atoms with Crippen LogP contribution in [0.3, 0.4) is 0 Å². The summed E-state index contributed by atoms with van der Waals surface area (Å²) in [5.41, 5.74) is 0.762.